The fraction of sp³-hybridized carbons (Fsp3) is 0.250. The first-order chi connectivity index (χ1) is 5.40. The van der Waals surface area contributed by atoms with Crippen molar-refractivity contribution >= 4 is 0 Å². The van der Waals surface area contributed by atoms with Crippen LogP contribution in [0.1, 0.15) is 16.8 Å². The van der Waals surface area contributed by atoms with Crippen LogP contribution >= 0.6 is 0 Å². The molecule has 0 aromatic carbocycles. The zero-order valence-corrected chi connectivity index (χ0v) is 5.96. The molecule has 3 nitrogen and oxygen atoms in total. The number of nitrogens with one attached hydrogen (secondary N) is 1. The number of hydrogen-bond acceptors (Lipinski definition) is 3. The molecule has 2 heterocycles. The summed E-state index contributed by atoms with van der Waals surface area (Å²) in [6.07, 6.45) is 1.62. The van der Waals surface area contributed by atoms with E-state index in [1.165, 1.54) is 0 Å². The topological polar surface area (TPSA) is 48.7 Å². The first kappa shape index (κ1) is 6.32. The molecule has 0 saturated heterocycles. The minimum atomic E-state index is 0.646. The number of nitriles is 1. The summed E-state index contributed by atoms with van der Waals surface area (Å²) in [5.41, 5.74) is 2.88. The monoisotopic (exact) mass is 145 g/mol. The summed E-state index contributed by atoms with van der Waals surface area (Å²) >= 11 is 0. The average Bonchev–Trinajstić information content (AvgIpc) is 2.50. The van der Waals surface area contributed by atoms with Crippen LogP contribution in [0, 0.1) is 11.3 Å². The maximum Gasteiger partial charge on any atom is 0.101 e. The highest BCUT2D eigenvalue weighted by atomic mass is 14.9. The van der Waals surface area contributed by atoms with E-state index in [1.807, 2.05) is 6.07 Å². The third kappa shape index (κ3) is 0.975. The molecule has 0 fully saturated rings. The molecule has 0 amide bonds. The Hall–Kier alpha value is -1.40. The van der Waals surface area contributed by atoms with Crippen LogP contribution in [0.15, 0.2) is 12.3 Å². The van der Waals surface area contributed by atoms with E-state index in [2.05, 4.69) is 16.4 Å². The zero-order valence-electron chi connectivity index (χ0n) is 5.96. The van der Waals surface area contributed by atoms with Crippen LogP contribution in [-0.4, -0.2) is 4.98 Å². The lowest BCUT2D eigenvalue weighted by atomic mass is 10.2. The Morgan fingerprint density at radius 1 is 1.55 bits per heavy atom. The van der Waals surface area contributed by atoms with E-state index in [0.29, 0.717) is 5.56 Å². The Kier molecular flexibility index (Phi) is 1.34. The molecule has 1 aliphatic heterocycles. The third-order valence-electron chi connectivity index (χ3n) is 1.80. The number of fused-ring (bicyclic) bond motifs is 1. The molecule has 1 aliphatic rings. The molecule has 0 bridgehead atoms. The molecular weight excluding hydrogens is 138 g/mol. The second-order valence-corrected chi connectivity index (χ2v) is 2.55. The van der Waals surface area contributed by atoms with Gasteiger partial charge in [-0.2, -0.15) is 5.26 Å². The molecule has 0 spiro atoms. The van der Waals surface area contributed by atoms with Gasteiger partial charge >= 0.3 is 0 Å². The van der Waals surface area contributed by atoms with Gasteiger partial charge in [-0.3, -0.25) is 4.98 Å². The Balaban J connectivity index is 2.51. The molecule has 1 aromatic rings. The molecule has 11 heavy (non-hydrogen) atoms. The van der Waals surface area contributed by atoms with E-state index >= 15 is 0 Å². The van der Waals surface area contributed by atoms with E-state index in [4.69, 9.17) is 5.26 Å². The van der Waals surface area contributed by atoms with Gasteiger partial charge in [-0.25, -0.2) is 0 Å². The summed E-state index contributed by atoms with van der Waals surface area (Å²) in [4.78, 5) is 4.15. The maximum absolute atomic E-state index is 8.56. The van der Waals surface area contributed by atoms with Crippen molar-refractivity contribution in [2.45, 2.75) is 13.1 Å². The summed E-state index contributed by atoms with van der Waals surface area (Å²) in [6, 6.07) is 3.96. The molecule has 3 heteroatoms. The Morgan fingerprint density at radius 3 is 3.27 bits per heavy atom. The highest BCUT2D eigenvalue weighted by molar-refractivity contribution is 5.34. The Morgan fingerprint density at radius 2 is 2.45 bits per heavy atom. The van der Waals surface area contributed by atoms with Gasteiger partial charge in [-0.15, -0.1) is 0 Å². The van der Waals surface area contributed by atoms with Gasteiger partial charge in [0.05, 0.1) is 11.3 Å². The molecular formula is C8H7N3. The summed E-state index contributed by atoms with van der Waals surface area (Å²) in [5, 5.41) is 11.7. The highest BCUT2D eigenvalue weighted by Crippen LogP contribution is 2.12. The van der Waals surface area contributed by atoms with Crippen LogP contribution < -0.4 is 5.32 Å². The fourth-order valence-corrected chi connectivity index (χ4v) is 1.23. The molecule has 0 radical (unpaired) electrons. The number of pyridine rings is 1. The van der Waals surface area contributed by atoms with Crippen molar-refractivity contribution in [1.29, 1.82) is 5.26 Å². The third-order valence-corrected chi connectivity index (χ3v) is 1.80. The molecule has 0 aliphatic carbocycles. The van der Waals surface area contributed by atoms with Gasteiger partial charge in [-0.1, -0.05) is 0 Å². The summed E-state index contributed by atoms with van der Waals surface area (Å²) in [7, 11) is 0. The number of nitrogens with zero attached hydrogens (tertiary/aromatic N) is 2. The zero-order chi connectivity index (χ0) is 7.68. The summed E-state index contributed by atoms with van der Waals surface area (Å²) in [5.74, 6) is 0. The van der Waals surface area contributed by atoms with Crippen molar-refractivity contribution in [3.8, 4) is 6.07 Å². The first-order valence-electron chi connectivity index (χ1n) is 3.49. The lowest BCUT2D eigenvalue weighted by Crippen LogP contribution is -2.00. The van der Waals surface area contributed by atoms with Crippen LogP contribution in [0.5, 0.6) is 0 Å². The molecule has 1 aromatic heterocycles. The van der Waals surface area contributed by atoms with Crippen LogP contribution in [0.3, 0.4) is 0 Å². The Labute approximate surface area is 64.7 Å². The van der Waals surface area contributed by atoms with Gasteiger partial charge in [0.15, 0.2) is 0 Å². The lowest BCUT2D eigenvalue weighted by Gasteiger charge is -1.94. The first-order valence-corrected chi connectivity index (χ1v) is 3.49. The average molecular weight is 145 g/mol. The molecule has 2 rings (SSSR count). The molecule has 1 N–H and O–H groups in total. The quantitative estimate of drug-likeness (QED) is 0.580. The van der Waals surface area contributed by atoms with Crippen molar-refractivity contribution in [2.24, 2.45) is 0 Å². The van der Waals surface area contributed by atoms with E-state index < -0.39 is 0 Å². The maximum atomic E-state index is 8.56. The van der Waals surface area contributed by atoms with Gasteiger partial charge in [0, 0.05) is 19.3 Å². The fourth-order valence-electron chi connectivity index (χ4n) is 1.23. The molecule has 0 unspecified atom stereocenters. The lowest BCUT2D eigenvalue weighted by molar-refractivity contribution is 0.757. The molecule has 0 saturated carbocycles. The Bertz CT molecular complexity index is 325. The van der Waals surface area contributed by atoms with Crippen molar-refractivity contribution in [3.05, 3.63) is 29.1 Å². The predicted octanol–water partition coefficient (Wildman–Crippen LogP) is 0.556. The van der Waals surface area contributed by atoms with Gasteiger partial charge in [0.25, 0.3) is 0 Å². The van der Waals surface area contributed by atoms with E-state index in [-0.39, 0.29) is 0 Å². The van der Waals surface area contributed by atoms with Crippen LogP contribution in [-0.2, 0) is 13.1 Å². The number of aromatic nitrogens is 1. The largest absolute Gasteiger partial charge is 0.307 e. The second kappa shape index (κ2) is 2.33. The van der Waals surface area contributed by atoms with Crippen molar-refractivity contribution in [1.82, 2.24) is 10.3 Å². The molecule has 54 valence electrons. The smallest absolute Gasteiger partial charge is 0.101 e. The van der Waals surface area contributed by atoms with Crippen LogP contribution in [0.4, 0.5) is 0 Å². The van der Waals surface area contributed by atoms with Gasteiger partial charge in [0.2, 0.25) is 0 Å². The summed E-state index contributed by atoms with van der Waals surface area (Å²) in [6.45, 7) is 1.68. The minimum Gasteiger partial charge on any atom is -0.307 e. The van der Waals surface area contributed by atoms with Gasteiger partial charge in [-0.05, 0) is 11.6 Å². The number of hydrogen-bond donors (Lipinski definition) is 1. The molecule has 0 atom stereocenters. The van der Waals surface area contributed by atoms with Gasteiger partial charge < -0.3 is 5.32 Å². The van der Waals surface area contributed by atoms with Crippen molar-refractivity contribution in [2.75, 3.05) is 0 Å². The second-order valence-electron chi connectivity index (χ2n) is 2.55. The normalized spacial score (nSPS) is 14.1. The SMILES string of the molecule is N#Cc1cnc2c(c1)CNC2. The van der Waals surface area contributed by atoms with Gasteiger partial charge in [0.1, 0.15) is 6.07 Å². The minimum absolute atomic E-state index is 0.646. The van der Waals surface area contributed by atoms with Crippen LogP contribution in [0.2, 0.25) is 0 Å². The van der Waals surface area contributed by atoms with E-state index in [1.54, 1.807) is 6.20 Å². The van der Waals surface area contributed by atoms with Crippen molar-refractivity contribution < 1.29 is 0 Å². The standard InChI is InChI=1S/C8H7N3/c9-2-6-1-7-4-10-5-8(7)11-3-6/h1,3,10H,4-5H2. The van der Waals surface area contributed by atoms with E-state index in [9.17, 15) is 0 Å². The van der Waals surface area contributed by atoms with Crippen LogP contribution in [0.25, 0.3) is 0 Å². The predicted molar refractivity (Wildman–Crippen MR) is 39.5 cm³/mol. The summed E-state index contributed by atoms with van der Waals surface area (Å²) < 4.78 is 0. The number of rotatable bonds is 0. The van der Waals surface area contributed by atoms with Crippen molar-refractivity contribution in [3.63, 3.8) is 0 Å². The highest BCUT2D eigenvalue weighted by Gasteiger charge is 2.10. The van der Waals surface area contributed by atoms with E-state index in [0.717, 1.165) is 24.3 Å².